The Morgan fingerprint density at radius 3 is 2.13 bits per heavy atom. The van der Waals surface area contributed by atoms with Crippen molar-refractivity contribution in [3.63, 3.8) is 0 Å². The molecular weight excluding hydrogens is 392 g/mol. The summed E-state index contributed by atoms with van der Waals surface area (Å²) in [5.74, 6) is 1.37. The summed E-state index contributed by atoms with van der Waals surface area (Å²) >= 11 is 0. The van der Waals surface area contributed by atoms with Crippen molar-refractivity contribution in [1.82, 2.24) is 10.2 Å². The number of ether oxygens (including phenoxy) is 2. The summed E-state index contributed by atoms with van der Waals surface area (Å²) in [5, 5.41) is 2.87. The predicted octanol–water partition coefficient (Wildman–Crippen LogP) is 4.14. The van der Waals surface area contributed by atoms with Gasteiger partial charge in [-0.05, 0) is 54.7 Å². The quantitative estimate of drug-likeness (QED) is 0.586. The summed E-state index contributed by atoms with van der Waals surface area (Å²) < 4.78 is 10.9. The van der Waals surface area contributed by atoms with Crippen molar-refractivity contribution < 1.29 is 19.1 Å². The smallest absolute Gasteiger partial charge is 0.261 e. The van der Waals surface area contributed by atoms with Crippen LogP contribution in [-0.4, -0.2) is 43.0 Å². The van der Waals surface area contributed by atoms with Crippen LogP contribution in [0, 0.1) is 0 Å². The Labute approximate surface area is 185 Å². The van der Waals surface area contributed by atoms with E-state index in [4.69, 9.17) is 9.47 Å². The number of methoxy groups -OCH3 is 1. The van der Waals surface area contributed by atoms with Crippen LogP contribution in [0.5, 0.6) is 11.5 Å². The third-order valence-corrected chi connectivity index (χ3v) is 5.14. The molecule has 0 saturated heterocycles. The lowest BCUT2D eigenvalue weighted by Gasteiger charge is -2.28. The van der Waals surface area contributed by atoms with Crippen LogP contribution in [0.3, 0.4) is 0 Å². The average molecular weight is 427 g/mol. The molecule has 2 aromatic carbocycles. The monoisotopic (exact) mass is 426 g/mol. The number of rotatable bonds is 11. The van der Waals surface area contributed by atoms with Crippen molar-refractivity contribution in [2.45, 2.75) is 52.6 Å². The Morgan fingerprint density at radius 2 is 1.58 bits per heavy atom. The van der Waals surface area contributed by atoms with Crippen LogP contribution < -0.4 is 14.8 Å². The molecule has 2 aromatic rings. The first-order valence-electron chi connectivity index (χ1n) is 10.8. The second kappa shape index (κ2) is 12.0. The van der Waals surface area contributed by atoms with E-state index in [9.17, 15) is 9.59 Å². The van der Waals surface area contributed by atoms with Gasteiger partial charge in [-0.1, -0.05) is 45.0 Å². The number of carbonyl (C=O) groups excluding carboxylic acids is 2. The number of carbonyl (C=O) groups is 2. The van der Waals surface area contributed by atoms with E-state index in [2.05, 4.69) is 19.2 Å². The van der Waals surface area contributed by atoms with Gasteiger partial charge >= 0.3 is 0 Å². The average Bonchev–Trinajstić information content (AvgIpc) is 2.79. The van der Waals surface area contributed by atoms with Crippen molar-refractivity contribution in [1.29, 1.82) is 0 Å². The van der Waals surface area contributed by atoms with Gasteiger partial charge < -0.3 is 19.7 Å². The highest BCUT2D eigenvalue weighted by Gasteiger charge is 2.26. The largest absolute Gasteiger partial charge is 0.497 e. The number of nitrogens with zero attached hydrogens (tertiary/aromatic N) is 1. The molecule has 0 radical (unpaired) electrons. The normalized spacial score (nSPS) is 11.7. The number of benzene rings is 2. The summed E-state index contributed by atoms with van der Waals surface area (Å²) in [6.45, 7) is 8.73. The number of hydrogen-bond acceptors (Lipinski definition) is 4. The predicted molar refractivity (Wildman–Crippen MR) is 122 cm³/mol. The van der Waals surface area contributed by atoms with E-state index in [1.54, 1.807) is 18.9 Å². The van der Waals surface area contributed by atoms with Gasteiger partial charge in [0.1, 0.15) is 17.5 Å². The zero-order valence-electron chi connectivity index (χ0n) is 19.2. The van der Waals surface area contributed by atoms with Crippen molar-refractivity contribution in [3.05, 3.63) is 59.7 Å². The fourth-order valence-electron chi connectivity index (χ4n) is 3.08. The van der Waals surface area contributed by atoms with Crippen molar-refractivity contribution in [3.8, 4) is 11.5 Å². The molecule has 168 valence electrons. The van der Waals surface area contributed by atoms with Gasteiger partial charge in [0.05, 0.1) is 7.11 Å². The third-order valence-electron chi connectivity index (χ3n) is 5.14. The molecule has 1 N–H and O–H groups in total. The van der Waals surface area contributed by atoms with E-state index in [0.717, 1.165) is 17.7 Å². The highest BCUT2D eigenvalue weighted by molar-refractivity contribution is 5.87. The van der Waals surface area contributed by atoms with Gasteiger partial charge in [-0.3, -0.25) is 9.59 Å². The van der Waals surface area contributed by atoms with Crippen molar-refractivity contribution >= 4 is 11.8 Å². The standard InChI is InChI=1S/C25H34N2O4/c1-6-15-26-25(29)19(4)27(16-20-7-11-22(30-5)12-8-20)24(28)17-31-23-13-9-21(10-14-23)18(2)3/h7-14,18-19H,6,15-17H2,1-5H3,(H,26,29)/t19-/m0/s1. The van der Waals surface area contributed by atoms with Gasteiger partial charge in [0.2, 0.25) is 5.91 Å². The van der Waals surface area contributed by atoms with E-state index in [1.165, 1.54) is 5.56 Å². The SMILES string of the molecule is CCCNC(=O)[C@H](C)N(Cc1ccc(OC)cc1)C(=O)COc1ccc(C(C)C)cc1. The van der Waals surface area contributed by atoms with Gasteiger partial charge in [-0.25, -0.2) is 0 Å². The minimum absolute atomic E-state index is 0.136. The summed E-state index contributed by atoms with van der Waals surface area (Å²) in [4.78, 5) is 27.1. The fraction of sp³-hybridized carbons (Fsp3) is 0.440. The maximum atomic E-state index is 13.0. The Kier molecular flexibility index (Phi) is 9.38. The van der Waals surface area contributed by atoms with Crippen LogP contribution >= 0.6 is 0 Å². The van der Waals surface area contributed by atoms with Crippen LogP contribution in [0.15, 0.2) is 48.5 Å². The lowest BCUT2D eigenvalue weighted by molar-refractivity contribution is -0.142. The minimum atomic E-state index is -0.618. The highest BCUT2D eigenvalue weighted by Crippen LogP contribution is 2.19. The van der Waals surface area contributed by atoms with E-state index in [-0.39, 0.29) is 18.4 Å². The molecule has 0 saturated carbocycles. The first-order valence-corrected chi connectivity index (χ1v) is 10.8. The first kappa shape index (κ1) is 24.3. The molecule has 0 unspecified atom stereocenters. The van der Waals surface area contributed by atoms with E-state index in [0.29, 0.717) is 24.8 Å². The lowest BCUT2D eigenvalue weighted by atomic mass is 10.0. The molecule has 0 spiro atoms. The Balaban J connectivity index is 2.11. The zero-order valence-corrected chi connectivity index (χ0v) is 19.2. The fourth-order valence-corrected chi connectivity index (χ4v) is 3.08. The molecular formula is C25H34N2O4. The molecule has 0 heterocycles. The van der Waals surface area contributed by atoms with E-state index < -0.39 is 6.04 Å². The van der Waals surface area contributed by atoms with Gasteiger partial charge in [-0.15, -0.1) is 0 Å². The molecule has 0 aromatic heterocycles. The summed E-state index contributed by atoms with van der Waals surface area (Å²) in [6, 6.07) is 14.6. The zero-order chi connectivity index (χ0) is 22.8. The minimum Gasteiger partial charge on any atom is -0.497 e. The molecule has 2 rings (SSSR count). The van der Waals surface area contributed by atoms with Gasteiger partial charge in [0, 0.05) is 13.1 Å². The number of hydrogen-bond donors (Lipinski definition) is 1. The van der Waals surface area contributed by atoms with Crippen molar-refractivity contribution in [2.24, 2.45) is 0 Å². The highest BCUT2D eigenvalue weighted by atomic mass is 16.5. The van der Waals surface area contributed by atoms with Crippen LogP contribution in [0.2, 0.25) is 0 Å². The summed E-state index contributed by atoms with van der Waals surface area (Å²) in [6.07, 6.45) is 0.834. The topological polar surface area (TPSA) is 67.9 Å². The first-order chi connectivity index (χ1) is 14.8. The van der Waals surface area contributed by atoms with E-state index in [1.807, 2.05) is 55.5 Å². The molecule has 0 fully saturated rings. The van der Waals surface area contributed by atoms with E-state index >= 15 is 0 Å². The maximum Gasteiger partial charge on any atom is 0.261 e. The van der Waals surface area contributed by atoms with Gasteiger partial charge in [0.25, 0.3) is 5.91 Å². The molecule has 6 heteroatoms. The van der Waals surface area contributed by atoms with Crippen LogP contribution in [0.25, 0.3) is 0 Å². The molecule has 0 bridgehead atoms. The lowest BCUT2D eigenvalue weighted by Crippen LogP contribution is -2.49. The Morgan fingerprint density at radius 1 is 0.968 bits per heavy atom. The van der Waals surface area contributed by atoms with Crippen LogP contribution in [-0.2, 0) is 16.1 Å². The molecule has 0 aliphatic heterocycles. The molecule has 2 amide bonds. The van der Waals surface area contributed by atoms with Gasteiger partial charge in [-0.2, -0.15) is 0 Å². The third kappa shape index (κ3) is 7.31. The second-order valence-electron chi connectivity index (χ2n) is 7.85. The maximum absolute atomic E-state index is 13.0. The summed E-state index contributed by atoms with van der Waals surface area (Å²) in [7, 11) is 1.61. The molecule has 0 aliphatic rings. The Bertz CT molecular complexity index is 832. The summed E-state index contributed by atoms with van der Waals surface area (Å²) in [5.41, 5.74) is 2.12. The Hall–Kier alpha value is -3.02. The molecule has 1 atom stereocenters. The van der Waals surface area contributed by atoms with Crippen molar-refractivity contribution in [2.75, 3.05) is 20.3 Å². The van der Waals surface area contributed by atoms with Crippen LogP contribution in [0.1, 0.15) is 51.2 Å². The molecule has 31 heavy (non-hydrogen) atoms. The van der Waals surface area contributed by atoms with Gasteiger partial charge in [0.15, 0.2) is 6.61 Å². The molecule has 0 aliphatic carbocycles. The second-order valence-corrected chi connectivity index (χ2v) is 7.85. The number of amides is 2. The molecule has 6 nitrogen and oxygen atoms in total. The van der Waals surface area contributed by atoms with Crippen LogP contribution in [0.4, 0.5) is 0 Å². The number of nitrogens with one attached hydrogen (secondary N) is 1.